The van der Waals surface area contributed by atoms with Crippen molar-refractivity contribution in [2.75, 3.05) is 5.32 Å². The second-order valence-corrected chi connectivity index (χ2v) is 9.94. The second kappa shape index (κ2) is 7.72. The quantitative estimate of drug-likeness (QED) is 0.595. The number of carbonyl (C=O) groups is 1. The summed E-state index contributed by atoms with van der Waals surface area (Å²) in [5.41, 5.74) is 4.76. The van der Waals surface area contributed by atoms with Gasteiger partial charge in [-0.15, -0.1) is 0 Å². The first kappa shape index (κ1) is 20.9. The van der Waals surface area contributed by atoms with Crippen LogP contribution >= 0.6 is 0 Å². The number of urea groups is 1. The number of fused-ring (bicyclic) bond motifs is 3. The van der Waals surface area contributed by atoms with Crippen LogP contribution in [-0.2, 0) is 11.8 Å². The molecule has 2 N–H and O–H groups in total. The van der Waals surface area contributed by atoms with E-state index < -0.39 is 0 Å². The molecular weight excluding hydrogens is 375 g/mol. The summed E-state index contributed by atoms with van der Waals surface area (Å²) in [7, 11) is 0. The van der Waals surface area contributed by atoms with Crippen LogP contribution < -0.4 is 10.6 Å². The zero-order chi connectivity index (χ0) is 21.5. The lowest BCUT2D eigenvalue weighted by atomic mass is 9.52. The molecule has 4 heteroatoms. The van der Waals surface area contributed by atoms with Crippen molar-refractivity contribution in [3.8, 4) is 0 Å². The number of halogens is 1. The third-order valence-electron chi connectivity index (χ3n) is 7.55. The van der Waals surface area contributed by atoms with Crippen LogP contribution in [0.15, 0.2) is 42.5 Å². The van der Waals surface area contributed by atoms with Gasteiger partial charge in [-0.25, -0.2) is 9.18 Å². The maximum Gasteiger partial charge on any atom is 0.319 e. The zero-order valence-corrected chi connectivity index (χ0v) is 18.5. The van der Waals surface area contributed by atoms with Crippen molar-refractivity contribution < 1.29 is 9.18 Å². The van der Waals surface area contributed by atoms with E-state index in [0.29, 0.717) is 17.5 Å². The molecule has 0 saturated heterocycles. The van der Waals surface area contributed by atoms with Crippen molar-refractivity contribution in [3.63, 3.8) is 0 Å². The van der Waals surface area contributed by atoms with E-state index in [2.05, 4.69) is 56.5 Å². The van der Waals surface area contributed by atoms with Crippen LogP contribution in [0.4, 0.5) is 14.9 Å². The molecule has 0 aliphatic heterocycles. The molecule has 2 aromatic carbocycles. The first-order valence-electron chi connectivity index (χ1n) is 11.2. The summed E-state index contributed by atoms with van der Waals surface area (Å²) in [5.74, 6) is 0.613. The molecular formula is C26H33FN2O. The summed E-state index contributed by atoms with van der Waals surface area (Å²) in [6, 6.07) is 12.7. The molecule has 0 radical (unpaired) electrons. The van der Waals surface area contributed by atoms with Crippen molar-refractivity contribution in [2.24, 2.45) is 5.92 Å². The molecule has 2 aliphatic carbocycles. The van der Waals surface area contributed by atoms with Gasteiger partial charge in [-0.2, -0.15) is 0 Å². The third kappa shape index (κ3) is 3.73. The maximum atomic E-state index is 13.1. The Morgan fingerprint density at radius 1 is 1.10 bits per heavy atom. The monoisotopic (exact) mass is 408 g/mol. The molecule has 1 fully saturated rings. The molecule has 2 aliphatic rings. The topological polar surface area (TPSA) is 41.1 Å². The third-order valence-corrected chi connectivity index (χ3v) is 7.55. The van der Waals surface area contributed by atoms with Crippen molar-refractivity contribution in [3.05, 3.63) is 65.0 Å². The van der Waals surface area contributed by atoms with Gasteiger partial charge in [-0.3, -0.25) is 0 Å². The minimum absolute atomic E-state index is 0.0687. The largest absolute Gasteiger partial charge is 0.332 e. The highest BCUT2D eigenvalue weighted by Crippen LogP contribution is 2.53. The number of carbonyl (C=O) groups excluding carboxylic acids is 1. The van der Waals surface area contributed by atoms with E-state index in [0.717, 1.165) is 32.1 Å². The summed E-state index contributed by atoms with van der Waals surface area (Å²) in [6.07, 6.45) is 5.36. The van der Waals surface area contributed by atoms with Crippen LogP contribution in [0.3, 0.4) is 0 Å². The highest BCUT2D eigenvalue weighted by atomic mass is 19.1. The average molecular weight is 409 g/mol. The van der Waals surface area contributed by atoms with Gasteiger partial charge < -0.3 is 10.6 Å². The second-order valence-electron chi connectivity index (χ2n) is 9.94. The molecule has 3 nitrogen and oxygen atoms in total. The van der Waals surface area contributed by atoms with Crippen LogP contribution in [0.1, 0.15) is 76.0 Å². The first-order valence-corrected chi connectivity index (χ1v) is 11.2. The molecule has 0 unspecified atom stereocenters. The van der Waals surface area contributed by atoms with Crippen molar-refractivity contribution >= 4 is 11.7 Å². The lowest BCUT2D eigenvalue weighted by molar-refractivity contribution is 0.0709. The molecule has 4 rings (SSSR count). The van der Waals surface area contributed by atoms with Crippen LogP contribution in [0.25, 0.3) is 0 Å². The number of benzene rings is 2. The van der Waals surface area contributed by atoms with E-state index in [1.807, 2.05) is 0 Å². The standard InChI is InChI=1S/C26H33FN2O/c1-17(2)18-6-12-22-19(16-18)7-13-23-25(22,3)14-5-15-26(23,4)29-24(30)28-21-10-8-20(27)9-11-21/h6,8-12,16-17,23H,5,7,13-15H2,1-4H3,(H2,28,29,30)/t23-,25-,26-/m1/s1. The minimum atomic E-state index is -0.308. The van der Waals surface area contributed by atoms with Gasteiger partial charge in [0.1, 0.15) is 5.82 Å². The number of nitrogens with one attached hydrogen (secondary N) is 2. The highest BCUT2D eigenvalue weighted by Gasteiger charge is 2.52. The van der Waals surface area contributed by atoms with E-state index in [9.17, 15) is 9.18 Å². The summed E-state index contributed by atoms with van der Waals surface area (Å²) in [4.78, 5) is 12.8. The van der Waals surface area contributed by atoms with E-state index >= 15 is 0 Å². The van der Waals surface area contributed by atoms with Crippen LogP contribution in [0, 0.1) is 11.7 Å². The molecule has 0 heterocycles. The van der Waals surface area contributed by atoms with Gasteiger partial charge in [-0.1, -0.05) is 45.4 Å². The molecule has 1 saturated carbocycles. The molecule has 0 aromatic heterocycles. The van der Waals surface area contributed by atoms with Crippen LogP contribution in [-0.4, -0.2) is 11.6 Å². The van der Waals surface area contributed by atoms with Crippen LogP contribution in [0.5, 0.6) is 0 Å². The Bertz CT molecular complexity index is 939. The normalized spacial score (nSPS) is 27.9. The lowest BCUT2D eigenvalue weighted by Crippen LogP contribution is -2.61. The van der Waals surface area contributed by atoms with Gasteiger partial charge >= 0.3 is 6.03 Å². The molecule has 0 spiro atoms. The Hall–Kier alpha value is -2.36. The Kier molecular flexibility index (Phi) is 5.37. The maximum absolute atomic E-state index is 13.1. The van der Waals surface area contributed by atoms with Gasteiger partial charge in [0.05, 0.1) is 0 Å². The van der Waals surface area contributed by atoms with Gasteiger partial charge in [-0.05, 0) is 90.8 Å². The zero-order valence-electron chi connectivity index (χ0n) is 18.5. The Labute approximate surface area is 179 Å². The van der Waals surface area contributed by atoms with Crippen molar-refractivity contribution in [1.82, 2.24) is 5.32 Å². The van der Waals surface area contributed by atoms with Gasteiger partial charge in [0.15, 0.2) is 0 Å². The summed E-state index contributed by atoms with van der Waals surface area (Å²) in [6.45, 7) is 9.08. The molecule has 2 amide bonds. The summed E-state index contributed by atoms with van der Waals surface area (Å²) in [5, 5.41) is 6.17. The Balaban J connectivity index is 1.57. The van der Waals surface area contributed by atoms with E-state index in [1.54, 1.807) is 12.1 Å². The van der Waals surface area contributed by atoms with Crippen molar-refractivity contribution in [1.29, 1.82) is 0 Å². The Morgan fingerprint density at radius 3 is 2.53 bits per heavy atom. The molecule has 160 valence electrons. The molecule has 0 bridgehead atoms. The minimum Gasteiger partial charge on any atom is -0.332 e. The molecule has 2 aromatic rings. The van der Waals surface area contributed by atoms with E-state index in [4.69, 9.17) is 0 Å². The van der Waals surface area contributed by atoms with Gasteiger partial charge in [0.2, 0.25) is 0 Å². The fourth-order valence-electron chi connectivity index (χ4n) is 5.98. The summed E-state index contributed by atoms with van der Waals surface area (Å²) < 4.78 is 13.1. The Morgan fingerprint density at radius 2 is 1.83 bits per heavy atom. The molecule has 3 atom stereocenters. The van der Waals surface area contributed by atoms with Gasteiger partial charge in [0.25, 0.3) is 0 Å². The highest BCUT2D eigenvalue weighted by molar-refractivity contribution is 5.89. The number of hydrogen-bond donors (Lipinski definition) is 2. The number of aryl methyl sites for hydroxylation is 1. The predicted molar refractivity (Wildman–Crippen MR) is 121 cm³/mol. The van der Waals surface area contributed by atoms with Crippen LogP contribution in [0.2, 0.25) is 0 Å². The average Bonchev–Trinajstić information content (AvgIpc) is 2.69. The lowest BCUT2D eigenvalue weighted by Gasteiger charge is -2.55. The SMILES string of the molecule is CC(C)c1ccc2c(c1)CC[C@H]1[C@](C)(NC(=O)Nc3ccc(F)cc3)CCC[C@]21C. The summed E-state index contributed by atoms with van der Waals surface area (Å²) >= 11 is 0. The van der Waals surface area contributed by atoms with Gasteiger partial charge in [0, 0.05) is 11.2 Å². The fraction of sp³-hybridized carbons (Fsp3) is 0.500. The smallest absolute Gasteiger partial charge is 0.319 e. The van der Waals surface area contributed by atoms with E-state index in [-0.39, 0.29) is 22.8 Å². The number of anilines is 1. The first-order chi connectivity index (χ1) is 14.2. The fourth-order valence-corrected chi connectivity index (χ4v) is 5.98. The van der Waals surface area contributed by atoms with Crippen molar-refractivity contribution in [2.45, 2.75) is 76.7 Å². The number of amides is 2. The number of hydrogen-bond acceptors (Lipinski definition) is 1. The number of rotatable bonds is 3. The molecule has 30 heavy (non-hydrogen) atoms. The predicted octanol–water partition coefficient (Wildman–Crippen LogP) is 6.53. The van der Waals surface area contributed by atoms with E-state index in [1.165, 1.54) is 28.8 Å².